The summed E-state index contributed by atoms with van der Waals surface area (Å²) < 4.78 is 5.33. The molecule has 1 aliphatic rings. The maximum Gasteiger partial charge on any atom is 0.0471 e. The molecule has 8 aromatic carbocycles. The Morgan fingerprint density at radius 2 is 0.673 bits per heavy atom. The molecule has 2 nitrogen and oxygen atoms in total. The fourth-order valence-electron chi connectivity index (χ4n) is 9.37. The molecule has 12 aromatic rings. The average molecular weight is 695 g/mol. The van der Waals surface area contributed by atoms with Crippen LogP contribution in [-0.4, -0.2) is 9.97 Å². The molecule has 0 aliphatic heterocycles. The van der Waals surface area contributed by atoms with Gasteiger partial charge in [-0.25, -0.2) is 0 Å². The van der Waals surface area contributed by atoms with Crippen molar-refractivity contribution in [3.8, 4) is 44.5 Å². The SMILES string of the molecule is c1ccc2c(c1)[nH]c1ccc3c(c12)-c1c(ccc2c1sc1ccccc12)-c1ccc2c(sc4ccccc42)c1-c1c-3ccc2[nH]c3ccccc3c12. The number of hydrogen-bond donors (Lipinski definition) is 2. The summed E-state index contributed by atoms with van der Waals surface area (Å²) in [5.74, 6) is 0. The number of benzene rings is 8. The van der Waals surface area contributed by atoms with E-state index in [1.165, 1.54) is 117 Å². The van der Waals surface area contributed by atoms with Crippen LogP contribution >= 0.6 is 22.7 Å². The van der Waals surface area contributed by atoms with Crippen molar-refractivity contribution >= 4 is 107 Å². The minimum atomic E-state index is 1.16. The lowest BCUT2D eigenvalue weighted by Gasteiger charge is -2.25. The lowest BCUT2D eigenvalue weighted by atomic mass is 9.77. The molecule has 4 heteroatoms. The number of nitrogens with one attached hydrogen (secondary N) is 2. The summed E-state index contributed by atoms with van der Waals surface area (Å²) in [5.41, 5.74) is 15.1. The highest BCUT2D eigenvalue weighted by molar-refractivity contribution is 7.27. The van der Waals surface area contributed by atoms with E-state index in [1.807, 2.05) is 22.7 Å². The van der Waals surface area contributed by atoms with Crippen molar-refractivity contribution in [1.82, 2.24) is 9.97 Å². The minimum Gasteiger partial charge on any atom is -0.354 e. The quantitative estimate of drug-likeness (QED) is 0.158. The molecule has 0 spiro atoms. The maximum atomic E-state index is 3.80. The van der Waals surface area contributed by atoms with Gasteiger partial charge in [0.05, 0.1) is 0 Å². The van der Waals surface area contributed by atoms with E-state index in [4.69, 9.17) is 0 Å². The topological polar surface area (TPSA) is 31.6 Å². The number of fused-ring (bicyclic) bond motifs is 24. The number of para-hydroxylation sites is 2. The van der Waals surface area contributed by atoms with E-state index in [1.54, 1.807) is 0 Å². The predicted molar refractivity (Wildman–Crippen MR) is 226 cm³/mol. The highest BCUT2D eigenvalue weighted by Gasteiger charge is 2.31. The summed E-state index contributed by atoms with van der Waals surface area (Å²) in [4.78, 5) is 7.60. The number of aromatic amines is 2. The molecule has 4 aromatic heterocycles. The molecule has 13 rings (SSSR count). The van der Waals surface area contributed by atoms with Gasteiger partial charge < -0.3 is 9.97 Å². The molecule has 240 valence electrons. The Morgan fingerprint density at radius 1 is 0.288 bits per heavy atom. The molecular weight excluding hydrogens is 669 g/mol. The molecule has 0 bridgehead atoms. The summed E-state index contributed by atoms with van der Waals surface area (Å²) in [6, 6.07) is 54.4. The van der Waals surface area contributed by atoms with Crippen molar-refractivity contribution in [2.75, 3.05) is 0 Å². The van der Waals surface area contributed by atoms with Crippen LogP contribution in [0.15, 0.2) is 146 Å². The molecule has 0 amide bonds. The van der Waals surface area contributed by atoms with Crippen molar-refractivity contribution in [3.05, 3.63) is 146 Å². The molecule has 2 N–H and O–H groups in total. The summed E-state index contributed by atoms with van der Waals surface area (Å²) in [6.45, 7) is 0. The number of hydrogen-bond acceptors (Lipinski definition) is 2. The van der Waals surface area contributed by atoms with Crippen molar-refractivity contribution in [1.29, 1.82) is 0 Å². The van der Waals surface area contributed by atoms with Gasteiger partial charge in [-0.3, -0.25) is 0 Å². The van der Waals surface area contributed by atoms with Gasteiger partial charge in [0, 0.05) is 106 Å². The normalized spacial score (nSPS) is 12.6. The van der Waals surface area contributed by atoms with Crippen LogP contribution in [0, 0.1) is 0 Å². The summed E-state index contributed by atoms with van der Waals surface area (Å²) in [6.07, 6.45) is 0. The molecule has 0 saturated heterocycles. The zero-order chi connectivity index (χ0) is 33.7. The van der Waals surface area contributed by atoms with Gasteiger partial charge in [-0.15, -0.1) is 22.7 Å². The van der Waals surface area contributed by atoms with E-state index in [9.17, 15) is 0 Å². The van der Waals surface area contributed by atoms with Crippen molar-refractivity contribution < 1.29 is 0 Å². The third-order valence-corrected chi connectivity index (χ3v) is 13.9. The van der Waals surface area contributed by atoms with E-state index >= 15 is 0 Å². The number of aromatic nitrogens is 2. The predicted octanol–water partition coefficient (Wildman–Crippen LogP) is 14.7. The Labute approximate surface area is 305 Å². The lowest BCUT2D eigenvalue weighted by Crippen LogP contribution is -1.99. The van der Waals surface area contributed by atoms with E-state index in [2.05, 4.69) is 156 Å². The number of H-pyrrole nitrogens is 2. The summed E-state index contributed by atoms with van der Waals surface area (Å²) >= 11 is 3.86. The molecule has 52 heavy (non-hydrogen) atoms. The van der Waals surface area contributed by atoms with Gasteiger partial charge in [-0.2, -0.15) is 0 Å². The van der Waals surface area contributed by atoms with Crippen LogP contribution in [0.3, 0.4) is 0 Å². The first-order valence-electron chi connectivity index (χ1n) is 17.8. The van der Waals surface area contributed by atoms with Gasteiger partial charge >= 0.3 is 0 Å². The molecule has 1 aliphatic carbocycles. The number of rotatable bonds is 0. The van der Waals surface area contributed by atoms with Gasteiger partial charge in [0.1, 0.15) is 0 Å². The molecule has 0 saturated carbocycles. The van der Waals surface area contributed by atoms with E-state index in [0.717, 1.165) is 11.0 Å². The Bertz CT molecular complexity index is 3300. The number of thiophene rings is 2. The van der Waals surface area contributed by atoms with Gasteiger partial charge in [-0.05, 0) is 58.7 Å². The zero-order valence-corrected chi connectivity index (χ0v) is 29.3. The van der Waals surface area contributed by atoms with Gasteiger partial charge in [0.2, 0.25) is 0 Å². The molecule has 0 unspecified atom stereocenters. The Kier molecular flexibility index (Phi) is 5.17. The second-order valence-electron chi connectivity index (χ2n) is 14.1. The van der Waals surface area contributed by atoms with Crippen LogP contribution in [0.5, 0.6) is 0 Å². The smallest absolute Gasteiger partial charge is 0.0471 e. The molecule has 0 radical (unpaired) electrons. The van der Waals surface area contributed by atoms with Crippen molar-refractivity contribution in [2.45, 2.75) is 0 Å². The van der Waals surface area contributed by atoms with E-state index in [-0.39, 0.29) is 0 Å². The monoisotopic (exact) mass is 694 g/mol. The fourth-order valence-corrected chi connectivity index (χ4v) is 11.9. The van der Waals surface area contributed by atoms with Crippen molar-refractivity contribution in [3.63, 3.8) is 0 Å². The van der Waals surface area contributed by atoms with E-state index < -0.39 is 0 Å². The van der Waals surface area contributed by atoms with Gasteiger partial charge in [0.15, 0.2) is 0 Å². The Balaban J connectivity index is 1.34. The van der Waals surface area contributed by atoms with Gasteiger partial charge in [0.25, 0.3) is 0 Å². The van der Waals surface area contributed by atoms with Crippen molar-refractivity contribution in [2.24, 2.45) is 0 Å². The van der Waals surface area contributed by atoms with Crippen LogP contribution in [0.1, 0.15) is 0 Å². The van der Waals surface area contributed by atoms with Gasteiger partial charge in [-0.1, -0.05) is 109 Å². The molecule has 0 atom stereocenters. The summed E-state index contributed by atoms with van der Waals surface area (Å²) in [5, 5.41) is 10.4. The maximum absolute atomic E-state index is 3.80. The molecule has 4 heterocycles. The second kappa shape index (κ2) is 9.77. The van der Waals surface area contributed by atoms with E-state index in [0.29, 0.717) is 0 Å². The molecular formula is C48H26N2S2. The summed E-state index contributed by atoms with van der Waals surface area (Å²) in [7, 11) is 0. The largest absolute Gasteiger partial charge is 0.354 e. The highest BCUT2D eigenvalue weighted by atomic mass is 32.1. The lowest BCUT2D eigenvalue weighted by molar-refractivity contribution is 1.53. The average Bonchev–Trinajstić information content (AvgIpc) is 3.96. The first-order valence-corrected chi connectivity index (χ1v) is 19.4. The van der Waals surface area contributed by atoms with Crippen LogP contribution < -0.4 is 0 Å². The third-order valence-electron chi connectivity index (χ3n) is 11.5. The highest BCUT2D eigenvalue weighted by Crippen LogP contribution is 2.58. The first-order chi connectivity index (χ1) is 25.8. The third kappa shape index (κ3) is 3.39. The second-order valence-corrected chi connectivity index (χ2v) is 16.2. The fraction of sp³-hybridized carbons (Fsp3) is 0. The van der Waals surface area contributed by atoms with Crippen LogP contribution in [-0.2, 0) is 0 Å². The first kappa shape index (κ1) is 27.5. The minimum absolute atomic E-state index is 1.16. The molecule has 0 fully saturated rings. The Hall–Kier alpha value is -6.20. The van der Waals surface area contributed by atoms with Crippen LogP contribution in [0.25, 0.3) is 128 Å². The van der Waals surface area contributed by atoms with Crippen LogP contribution in [0.2, 0.25) is 0 Å². The zero-order valence-electron chi connectivity index (χ0n) is 27.7. The van der Waals surface area contributed by atoms with Crippen LogP contribution in [0.4, 0.5) is 0 Å². The standard InChI is InChI=1S/C48H26N2S2/c1-5-13-35-33(11-1)41-37(49-35)23-21-27-28-22-24-38-42(34-12-2-6-14-36(34)50-38)44(28)46-30(18-20-32-26-10-4-8-16-40(26)52-48(32)46)29-17-19-31-25-9-3-7-15-39(25)51-47(31)45(29)43(27)41/h1-24,49-50H. The Morgan fingerprint density at radius 3 is 1.15 bits per heavy atom.